The number of hydrogen-bond acceptors (Lipinski definition) is 5. The minimum Gasteiger partial charge on any atom is -0.378 e. The Morgan fingerprint density at radius 2 is 1.79 bits per heavy atom. The summed E-state index contributed by atoms with van der Waals surface area (Å²) in [6.07, 6.45) is 2.48. The second-order valence-corrected chi connectivity index (χ2v) is 8.19. The summed E-state index contributed by atoms with van der Waals surface area (Å²) in [6, 6.07) is 5.39. The maximum atomic E-state index is 13.3. The van der Waals surface area contributed by atoms with E-state index in [1.165, 1.54) is 11.1 Å². The van der Waals surface area contributed by atoms with Crippen molar-refractivity contribution >= 4 is 11.8 Å². The topological polar surface area (TPSA) is 79.1 Å². The van der Waals surface area contributed by atoms with Crippen molar-refractivity contribution in [1.82, 2.24) is 14.7 Å². The molecule has 2 fully saturated rings. The minimum absolute atomic E-state index is 0.000912. The number of fused-ring (bicyclic) bond motifs is 1. The molecule has 0 radical (unpaired) electrons. The third kappa shape index (κ3) is 3.92. The third-order valence-corrected chi connectivity index (χ3v) is 6.18. The van der Waals surface area contributed by atoms with Crippen molar-refractivity contribution in [3.63, 3.8) is 0 Å². The Morgan fingerprint density at radius 1 is 1.07 bits per heavy atom. The molecular weight excluding hydrogens is 356 g/mol. The van der Waals surface area contributed by atoms with Gasteiger partial charge in [-0.3, -0.25) is 9.59 Å². The van der Waals surface area contributed by atoms with E-state index in [1.807, 2.05) is 12.1 Å². The fourth-order valence-corrected chi connectivity index (χ4v) is 4.46. The molecule has 3 aliphatic rings. The Labute approximate surface area is 166 Å². The molecule has 2 atom stereocenters. The highest BCUT2D eigenvalue weighted by Crippen LogP contribution is 2.24. The van der Waals surface area contributed by atoms with Crippen molar-refractivity contribution in [3.05, 3.63) is 34.9 Å². The van der Waals surface area contributed by atoms with Crippen LogP contribution in [0.4, 0.5) is 0 Å². The first-order valence-electron chi connectivity index (χ1n) is 10.3. The summed E-state index contributed by atoms with van der Waals surface area (Å²) in [7, 11) is 2.13. The molecule has 2 unspecified atom stereocenters. The Balaban J connectivity index is 1.53. The molecule has 0 spiro atoms. The van der Waals surface area contributed by atoms with E-state index in [1.54, 1.807) is 9.80 Å². The molecule has 7 nitrogen and oxygen atoms in total. The first kappa shape index (κ1) is 19.4. The van der Waals surface area contributed by atoms with E-state index >= 15 is 0 Å². The van der Waals surface area contributed by atoms with E-state index in [4.69, 9.17) is 10.5 Å². The van der Waals surface area contributed by atoms with Gasteiger partial charge in [-0.1, -0.05) is 6.07 Å². The second kappa shape index (κ2) is 8.19. The smallest absolute Gasteiger partial charge is 0.254 e. The molecule has 152 valence electrons. The summed E-state index contributed by atoms with van der Waals surface area (Å²) in [6.45, 7) is 4.74. The van der Waals surface area contributed by atoms with Gasteiger partial charge in [-0.05, 0) is 49.6 Å². The number of nitrogens with zero attached hydrogens (tertiary/aromatic N) is 3. The fraction of sp³-hybridized carbons (Fsp3) is 0.619. The lowest BCUT2D eigenvalue weighted by atomic mass is 9.99. The van der Waals surface area contributed by atoms with Gasteiger partial charge in [0.2, 0.25) is 5.91 Å². The molecule has 0 bridgehead atoms. The normalized spacial score (nSPS) is 26.1. The molecule has 0 aromatic heterocycles. The van der Waals surface area contributed by atoms with Gasteiger partial charge in [0, 0.05) is 44.3 Å². The van der Waals surface area contributed by atoms with Crippen LogP contribution in [-0.2, 0) is 22.4 Å². The average Bonchev–Trinajstić information content (AvgIpc) is 3.01. The van der Waals surface area contributed by atoms with Gasteiger partial charge >= 0.3 is 0 Å². The molecule has 1 aromatic carbocycles. The van der Waals surface area contributed by atoms with Crippen molar-refractivity contribution in [3.8, 4) is 0 Å². The standard InChI is InChI=1S/C21H30N4O3/c1-23-6-4-15-2-3-17(12-16(15)5-7-23)20(26)25-14-18(22)13-19(25)21(27)24-8-10-28-11-9-24/h2-3,12,18-19H,4-11,13-14,22H2,1H3. The van der Waals surface area contributed by atoms with Gasteiger partial charge in [0.15, 0.2) is 0 Å². The van der Waals surface area contributed by atoms with Gasteiger partial charge in [-0.25, -0.2) is 0 Å². The molecule has 0 aliphatic carbocycles. The van der Waals surface area contributed by atoms with Crippen molar-refractivity contribution in [2.75, 3.05) is 53.0 Å². The lowest BCUT2D eigenvalue weighted by molar-refractivity contribution is -0.139. The van der Waals surface area contributed by atoms with Gasteiger partial charge < -0.3 is 25.2 Å². The maximum Gasteiger partial charge on any atom is 0.254 e. The summed E-state index contributed by atoms with van der Waals surface area (Å²) >= 11 is 0. The summed E-state index contributed by atoms with van der Waals surface area (Å²) in [5.74, 6) is -0.0825. The number of ether oxygens (including phenoxy) is 1. The minimum atomic E-state index is -0.467. The number of benzene rings is 1. The Hall–Kier alpha value is -1.96. The molecule has 3 aliphatic heterocycles. The van der Waals surface area contributed by atoms with E-state index in [9.17, 15) is 9.59 Å². The van der Waals surface area contributed by atoms with Crippen LogP contribution in [0.2, 0.25) is 0 Å². The number of amides is 2. The average molecular weight is 386 g/mol. The monoisotopic (exact) mass is 386 g/mol. The first-order valence-corrected chi connectivity index (χ1v) is 10.3. The van der Waals surface area contributed by atoms with Gasteiger partial charge in [0.25, 0.3) is 5.91 Å². The lowest BCUT2D eigenvalue weighted by Crippen LogP contribution is -2.51. The number of carbonyl (C=O) groups excluding carboxylic acids is 2. The predicted molar refractivity (Wildman–Crippen MR) is 106 cm³/mol. The van der Waals surface area contributed by atoms with E-state index in [-0.39, 0.29) is 17.9 Å². The number of rotatable bonds is 2. The van der Waals surface area contributed by atoms with Gasteiger partial charge in [-0.15, -0.1) is 0 Å². The molecule has 2 amide bonds. The molecular formula is C21H30N4O3. The van der Waals surface area contributed by atoms with Crippen LogP contribution >= 0.6 is 0 Å². The van der Waals surface area contributed by atoms with Crippen LogP contribution in [0.3, 0.4) is 0 Å². The number of likely N-dealkylation sites (N-methyl/N-ethyl adjacent to an activating group) is 1. The summed E-state index contributed by atoms with van der Waals surface area (Å²) in [5, 5.41) is 0. The highest BCUT2D eigenvalue weighted by atomic mass is 16.5. The molecule has 28 heavy (non-hydrogen) atoms. The molecule has 2 saturated heterocycles. The van der Waals surface area contributed by atoms with Crippen LogP contribution < -0.4 is 5.73 Å². The maximum absolute atomic E-state index is 13.3. The highest BCUT2D eigenvalue weighted by Gasteiger charge is 2.40. The number of nitrogens with two attached hydrogens (primary N) is 1. The van der Waals surface area contributed by atoms with Crippen molar-refractivity contribution in [1.29, 1.82) is 0 Å². The molecule has 3 heterocycles. The highest BCUT2D eigenvalue weighted by molar-refractivity contribution is 5.98. The number of carbonyl (C=O) groups is 2. The molecule has 2 N–H and O–H groups in total. The Morgan fingerprint density at radius 3 is 2.54 bits per heavy atom. The van der Waals surface area contributed by atoms with Gasteiger partial charge in [0.05, 0.1) is 13.2 Å². The summed E-state index contributed by atoms with van der Waals surface area (Å²) < 4.78 is 5.35. The Bertz CT molecular complexity index is 747. The largest absolute Gasteiger partial charge is 0.378 e. The van der Waals surface area contributed by atoms with Crippen LogP contribution in [-0.4, -0.2) is 91.6 Å². The molecule has 4 rings (SSSR count). The third-order valence-electron chi connectivity index (χ3n) is 6.18. The van der Waals surface area contributed by atoms with Crippen LogP contribution in [0.25, 0.3) is 0 Å². The quantitative estimate of drug-likeness (QED) is 0.781. The van der Waals surface area contributed by atoms with Crippen molar-refractivity contribution in [2.24, 2.45) is 5.73 Å². The molecule has 7 heteroatoms. The lowest BCUT2D eigenvalue weighted by Gasteiger charge is -2.32. The van der Waals surface area contributed by atoms with Crippen LogP contribution in [0.5, 0.6) is 0 Å². The zero-order chi connectivity index (χ0) is 19.7. The Kier molecular flexibility index (Phi) is 5.66. The van der Waals surface area contributed by atoms with Gasteiger partial charge in [-0.2, -0.15) is 0 Å². The second-order valence-electron chi connectivity index (χ2n) is 8.19. The van der Waals surface area contributed by atoms with Crippen LogP contribution in [0.15, 0.2) is 18.2 Å². The zero-order valence-electron chi connectivity index (χ0n) is 16.6. The number of morpholine rings is 1. The zero-order valence-corrected chi connectivity index (χ0v) is 16.6. The number of likely N-dealkylation sites (tertiary alicyclic amines) is 1. The summed E-state index contributed by atoms with van der Waals surface area (Å²) in [5.41, 5.74) is 9.38. The summed E-state index contributed by atoms with van der Waals surface area (Å²) in [4.78, 5) is 32.1. The molecule has 0 saturated carbocycles. The van der Waals surface area contributed by atoms with Gasteiger partial charge in [0.1, 0.15) is 6.04 Å². The number of hydrogen-bond donors (Lipinski definition) is 1. The molecule has 1 aromatic rings. The van der Waals surface area contributed by atoms with E-state index in [2.05, 4.69) is 18.0 Å². The van der Waals surface area contributed by atoms with Crippen molar-refractivity contribution < 1.29 is 14.3 Å². The van der Waals surface area contributed by atoms with E-state index in [0.717, 1.165) is 25.9 Å². The SMILES string of the molecule is CN1CCc2ccc(C(=O)N3CC(N)CC3C(=O)N3CCOCC3)cc2CC1. The van der Waals surface area contributed by atoms with E-state index in [0.29, 0.717) is 44.8 Å². The van der Waals surface area contributed by atoms with Crippen molar-refractivity contribution in [2.45, 2.75) is 31.3 Å². The first-order chi connectivity index (χ1) is 13.5. The fourth-order valence-electron chi connectivity index (χ4n) is 4.46. The van der Waals surface area contributed by atoms with Crippen LogP contribution in [0, 0.1) is 0 Å². The van der Waals surface area contributed by atoms with Crippen LogP contribution in [0.1, 0.15) is 27.9 Å². The van der Waals surface area contributed by atoms with E-state index < -0.39 is 6.04 Å². The predicted octanol–water partition coefficient (Wildman–Crippen LogP) is 0.118.